The maximum absolute atomic E-state index is 12.5. The Balaban J connectivity index is 1.66. The van der Waals surface area contributed by atoms with Gasteiger partial charge in [-0.1, -0.05) is 46.3 Å². The minimum atomic E-state index is -1.11. The topological polar surface area (TPSA) is 101 Å². The first-order valence-electron chi connectivity index (χ1n) is 10.7. The SMILES string of the molecule is COC(=O)C1=NN(c2ccc([N+](=O)[O-])cc2)[C@@]2(C=CC(c3ccc(Br)cc3)=NN2c2ccccc2)S1. The Bertz CT molecular complexity index is 1410. The quantitative estimate of drug-likeness (QED) is 0.228. The maximum Gasteiger partial charge on any atom is 0.365 e. The summed E-state index contributed by atoms with van der Waals surface area (Å²) in [5, 5.41) is 24.3. The second-order valence-electron chi connectivity index (χ2n) is 7.72. The monoisotopic (exact) mass is 563 g/mol. The number of allylic oxidation sites excluding steroid dienone is 1. The molecule has 0 saturated carbocycles. The molecule has 0 fully saturated rings. The van der Waals surface area contributed by atoms with Gasteiger partial charge in [-0.2, -0.15) is 10.2 Å². The van der Waals surface area contributed by atoms with Crippen molar-refractivity contribution in [3.05, 3.63) is 111 Å². The van der Waals surface area contributed by atoms with Gasteiger partial charge in [-0.15, -0.1) is 0 Å². The van der Waals surface area contributed by atoms with E-state index in [1.807, 2.05) is 66.7 Å². The van der Waals surface area contributed by atoms with E-state index >= 15 is 0 Å². The Kier molecular flexibility index (Phi) is 6.33. The molecule has 0 bridgehead atoms. The number of hydrogen-bond acceptors (Lipinski definition) is 9. The Morgan fingerprint density at radius 3 is 2.25 bits per heavy atom. The van der Waals surface area contributed by atoms with Gasteiger partial charge in [0.1, 0.15) is 0 Å². The number of methoxy groups -OCH3 is 1. The summed E-state index contributed by atoms with van der Waals surface area (Å²) in [6.07, 6.45) is 3.79. The van der Waals surface area contributed by atoms with Crippen molar-refractivity contribution in [3.8, 4) is 0 Å². The first-order valence-corrected chi connectivity index (χ1v) is 12.3. The van der Waals surface area contributed by atoms with E-state index < -0.39 is 15.9 Å². The number of nitrogens with zero attached hydrogens (tertiary/aromatic N) is 5. The molecule has 1 atom stereocenters. The van der Waals surface area contributed by atoms with Crippen LogP contribution in [0.1, 0.15) is 5.56 Å². The molecule has 0 N–H and O–H groups in total. The molecule has 5 rings (SSSR count). The number of nitro groups is 1. The Morgan fingerprint density at radius 2 is 1.61 bits per heavy atom. The summed E-state index contributed by atoms with van der Waals surface area (Å²) in [4.78, 5) is 22.2. The Morgan fingerprint density at radius 1 is 0.972 bits per heavy atom. The van der Waals surface area contributed by atoms with Gasteiger partial charge in [0.2, 0.25) is 10.0 Å². The molecule has 3 aromatic rings. The van der Waals surface area contributed by atoms with Gasteiger partial charge in [0.15, 0.2) is 0 Å². The van der Waals surface area contributed by atoms with Gasteiger partial charge in [-0.3, -0.25) is 10.1 Å². The lowest BCUT2D eigenvalue weighted by Gasteiger charge is -2.43. The number of hydrazone groups is 2. The van der Waals surface area contributed by atoms with Gasteiger partial charge in [-0.25, -0.2) is 14.8 Å². The van der Waals surface area contributed by atoms with E-state index in [0.717, 1.165) is 15.7 Å². The summed E-state index contributed by atoms with van der Waals surface area (Å²) < 4.78 is 5.91. The van der Waals surface area contributed by atoms with Crippen molar-refractivity contribution in [2.45, 2.75) is 4.99 Å². The fourth-order valence-electron chi connectivity index (χ4n) is 3.79. The molecular weight excluding hydrogens is 546 g/mol. The van der Waals surface area contributed by atoms with Crippen molar-refractivity contribution in [2.75, 3.05) is 17.1 Å². The van der Waals surface area contributed by atoms with Crippen LogP contribution in [0.4, 0.5) is 17.1 Å². The first kappa shape index (κ1) is 23.8. The maximum atomic E-state index is 12.5. The number of carbonyl (C=O) groups excluding carboxylic acids is 1. The predicted octanol–water partition coefficient (Wildman–Crippen LogP) is 5.53. The van der Waals surface area contributed by atoms with Crippen LogP contribution >= 0.6 is 27.7 Å². The number of hydrogen-bond donors (Lipinski definition) is 0. The van der Waals surface area contributed by atoms with Crippen LogP contribution in [0.5, 0.6) is 0 Å². The molecule has 9 nitrogen and oxygen atoms in total. The van der Waals surface area contributed by atoms with Crippen molar-refractivity contribution in [3.63, 3.8) is 0 Å². The number of rotatable bonds is 5. The largest absolute Gasteiger partial charge is 0.464 e. The summed E-state index contributed by atoms with van der Waals surface area (Å²) in [6, 6.07) is 23.3. The average Bonchev–Trinajstić information content (AvgIpc) is 3.29. The minimum absolute atomic E-state index is 0.0496. The van der Waals surface area contributed by atoms with Gasteiger partial charge in [0, 0.05) is 22.2 Å². The number of para-hydroxylation sites is 1. The first-order chi connectivity index (χ1) is 17.4. The summed E-state index contributed by atoms with van der Waals surface area (Å²) in [7, 11) is 1.29. The number of non-ortho nitro benzene ring substituents is 1. The second-order valence-corrected chi connectivity index (χ2v) is 9.82. The summed E-state index contributed by atoms with van der Waals surface area (Å²) in [5.74, 6) is -0.590. The van der Waals surface area contributed by atoms with Crippen molar-refractivity contribution in [1.82, 2.24) is 0 Å². The van der Waals surface area contributed by atoms with E-state index in [2.05, 4.69) is 21.0 Å². The van der Waals surface area contributed by atoms with Crippen molar-refractivity contribution < 1.29 is 14.5 Å². The second kappa shape index (κ2) is 9.59. The summed E-state index contributed by atoms with van der Waals surface area (Å²) in [5.41, 5.74) is 2.88. The fourth-order valence-corrected chi connectivity index (χ4v) is 5.23. The number of halogens is 1. The number of carbonyl (C=O) groups is 1. The smallest absolute Gasteiger partial charge is 0.365 e. The van der Waals surface area contributed by atoms with Gasteiger partial charge in [-0.05, 0) is 60.3 Å². The molecule has 180 valence electrons. The lowest BCUT2D eigenvalue weighted by molar-refractivity contribution is -0.384. The highest BCUT2D eigenvalue weighted by molar-refractivity contribution is 9.10. The zero-order valence-electron chi connectivity index (χ0n) is 18.8. The van der Waals surface area contributed by atoms with Crippen LogP contribution < -0.4 is 10.0 Å². The van der Waals surface area contributed by atoms with Gasteiger partial charge in [0.25, 0.3) is 5.69 Å². The number of thioether (sulfide) groups is 1. The molecule has 0 unspecified atom stereocenters. The summed E-state index contributed by atoms with van der Waals surface area (Å²) in [6.45, 7) is 0. The number of anilines is 2. The third-order valence-corrected chi connectivity index (χ3v) is 7.27. The molecule has 3 aromatic carbocycles. The summed E-state index contributed by atoms with van der Waals surface area (Å²) >= 11 is 4.64. The van der Waals surface area contributed by atoms with Crippen molar-refractivity contribution >= 4 is 61.5 Å². The van der Waals surface area contributed by atoms with E-state index in [1.165, 1.54) is 31.0 Å². The van der Waals surface area contributed by atoms with Crippen molar-refractivity contribution in [2.24, 2.45) is 10.2 Å². The van der Waals surface area contributed by atoms with Crippen LogP contribution in [0, 0.1) is 10.1 Å². The average molecular weight is 564 g/mol. The molecule has 2 heterocycles. The zero-order valence-corrected chi connectivity index (χ0v) is 21.2. The van der Waals surface area contributed by atoms with E-state index in [1.54, 1.807) is 22.2 Å². The van der Waals surface area contributed by atoms with Gasteiger partial charge >= 0.3 is 5.97 Å². The number of nitro benzene ring substituents is 1. The standard InChI is InChI=1S/C25H18BrN5O4S/c1-35-24(32)23-28-30(20-11-13-21(14-12-20)31(33)34)25(36-23)16-15-22(17-7-9-18(26)10-8-17)27-29(25)19-5-3-2-4-6-19/h2-16H,1H3/t25-/m0/s1. The fraction of sp³-hybridized carbons (Fsp3) is 0.0800. The number of esters is 1. The van der Waals surface area contributed by atoms with Crippen LogP contribution in [-0.2, 0) is 9.53 Å². The molecule has 0 aromatic heterocycles. The molecule has 36 heavy (non-hydrogen) atoms. The van der Waals surface area contributed by atoms with Gasteiger partial charge in [0.05, 0.1) is 29.1 Å². The normalized spacial score (nSPS) is 18.7. The Hall–Kier alpha value is -3.96. The van der Waals surface area contributed by atoms with Crippen LogP contribution in [0.3, 0.4) is 0 Å². The highest BCUT2D eigenvalue weighted by Gasteiger charge is 2.51. The molecule has 0 amide bonds. The minimum Gasteiger partial charge on any atom is -0.464 e. The van der Waals surface area contributed by atoms with Crippen LogP contribution in [0.25, 0.3) is 0 Å². The van der Waals surface area contributed by atoms with E-state index in [0.29, 0.717) is 11.4 Å². The lowest BCUT2D eigenvalue weighted by atomic mass is 10.1. The molecule has 2 aliphatic heterocycles. The lowest BCUT2D eigenvalue weighted by Crippen LogP contribution is -2.53. The molecule has 0 saturated heterocycles. The highest BCUT2D eigenvalue weighted by Crippen LogP contribution is 2.48. The van der Waals surface area contributed by atoms with Crippen LogP contribution in [0.2, 0.25) is 0 Å². The third kappa shape index (κ3) is 4.27. The number of ether oxygens (including phenoxy) is 1. The van der Waals surface area contributed by atoms with E-state index in [4.69, 9.17) is 9.84 Å². The van der Waals surface area contributed by atoms with Crippen LogP contribution in [0.15, 0.2) is 106 Å². The van der Waals surface area contributed by atoms with E-state index in [9.17, 15) is 14.9 Å². The van der Waals surface area contributed by atoms with Crippen molar-refractivity contribution in [1.29, 1.82) is 0 Å². The predicted molar refractivity (Wildman–Crippen MR) is 144 cm³/mol. The highest BCUT2D eigenvalue weighted by atomic mass is 79.9. The molecule has 2 aliphatic rings. The molecule has 11 heteroatoms. The van der Waals surface area contributed by atoms with Crippen LogP contribution in [-0.4, -0.2) is 33.8 Å². The number of benzene rings is 3. The Labute approximate surface area is 219 Å². The molecule has 0 radical (unpaired) electrons. The molecule has 1 spiro atoms. The van der Waals surface area contributed by atoms with E-state index in [-0.39, 0.29) is 10.7 Å². The zero-order chi connectivity index (χ0) is 25.3. The molecular formula is C25H18BrN5O4S. The third-order valence-electron chi connectivity index (χ3n) is 5.52. The van der Waals surface area contributed by atoms with Gasteiger partial charge < -0.3 is 4.74 Å². The molecule has 0 aliphatic carbocycles.